The van der Waals surface area contributed by atoms with E-state index in [0.29, 0.717) is 13.2 Å². The summed E-state index contributed by atoms with van der Waals surface area (Å²) in [7, 11) is 0. The second-order valence-electron chi connectivity index (χ2n) is 5.05. The summed E-state index contributed by atoms with van der Waals surface area (Å²) >= 11 is 0. The first-order valence-electron chi connectivity index (χ1n) is 7.40. The Labute approximate surface area is 120 Å². The molecule has 1 fully saturated rings. The van der Waals surface area contributed by atoms with Crippen LogP contribution in [-0.2, 0) is 16.1 Å². The van der Waals surface area contributed by atoms with Crippen LogP contribution in [0.1, 0.15) is 38.2 Å². The first kappa shape index (κ1) is 14.9. The summed E-state index contributed by atoms with van der Waals surface area (Å²) in [6.07, 6.45) is 3.41. The highest BCUT2D eigenvalue weighted by molar-refractivity contribution is 5.68. The molecule has 0 unspecified atom stereocenters. The van der Waals surface area contributed by atoms with Crippen molar-refractivity contribution in [3.63, 3.8) is 0 Å². The summed E-state index contributed by atoms with van der Waals surface area (Å²) < 4.78 is 11.1. The number of nitrogens with zero attached hydrogens (tertiary/aromatic N) is 1. The highest BCUT2D eigenvalue weighted by Crippen LogP contribution is 2.20. The summed E-state index contributed by atoms with van der Waals surface area (Å²) in [5, 5.41) is 0. The van der Waals surface area contributed by atoms with Crippen molar-refractivity contribution in [1.29, 1.82) is 0 Å². The fourth-order valence-corrected chi connectivity index (χ4v) is 2.27. The molecule has 0 N–H and O–H groups in total. The van der Waals surface area contributed by atoms with Gasteiger partial charge in [0, 0.05) is 6.54 Å². The number of hydrogen-bond acceptors (Lipinski definition) is 3. The Kier molecular flexibility index (Phi) is 5.87. The minimum Gasteiger partial charge on any atom is -0.449 e. The van der Waals surface area contributed by atoms with Gasteiger partial charge in [0.05, 0.1) is 13.2 Å². The maximum atomic E-state index is 12.0. The molecule has 1 atom stereocenters. The third-order valence-corrected chi connectivity index (χ3v) is 3.44. The lowest BCUT2D eigenvalue weighted by molar-refractivity contribution is -0.0412. The van der Waals surface area contributed by atoms with E-state index >= 15 is 0 Å². The van der Waals surface area contributed by atoms with E-state index in [1.807, 2.05) is 30.3 Å². The fraction of sp³-hybridized carbons (Fsp3) is 0.562. The molecule has 1 saturated heterocycles. The molecule has 1 aromatic carbocycles. The zero-order chi connectivity index (χ0) is 14.2. The average molecular weight is 277 g/mol. The lowest BCUT2D eigenvalue weighted by atomic mass is 10.2. The van der Waals surface area contributed by atoms with Crippen LogP contribution in [0.5, 0.6) is 0 Å². The van der Waals surface area contributed by atoms with E-state index in [1.54, 1.807) is 4.90 Å². The van der Waals surface area contributed by atoms with Crippen molar-refractivity contribution in [2.75, 3.05) is 13.2 Å². The van der Waals surface area contributed by atoms with Crippen molar-refractivity contribution in [3.8, 4) is 0 Å². The van der Waals surface area contributed by atoms with Gasteiger partial charge in [-0.25, -0.2) is 4.79 Å². The highest BCUT2D eigenvalue weighted by atomic mass is 16.6. The maximum Gasteiger partial charge on any atom is 0.411 e. The maximum absolute atomic E-state index is 12.0. The SMILES string of the molecule is CCCCOC(=O)N1CCC[C@H]1OCc1ccccc1. The number of carbonyl (C=O) groups excluding carboxylic acids is 1. The molecule has 0 bridgehead atoms. The topological polar surface area (TPSA) is 38.8 Å². The molecule has 1 aliphatic rings. The summed E-state index contributed by atoms with van der Waals surface area (Å²) in [4.78, 5) is 13.7. The number of amides is 1. The van der Waals surface area contributed by atoms with E-state index in [1.165, 1.54) is 0 Å². The van der Waals surface area contributed by atoms with Crippen LogP contribution in [0, 0.1) is 0 Å². The molecule has 4 heteroatoms. The zero-order valence-electron chi connectivity index (χ0n) is 12.1. The van der Waals surface area contributed by atoms with Gasteiger partial charge in [0.2, 0.25) is 0 Å². The number of hydrogen-bond donors (Lipinski definition) is 0. The van der Waals surface area contributed by atoms with Crippen molar-refractivity contribution >= 4 is 6.09 Å². The van der Waals surface area contributed by atoms with Crippen LogP contribution in [0.3, 0.4) is 0 Å². The molecule has 2 rings (SSSR count). The predicted octanol–water partition coefficient (Wildman–Crippen LogP) is 3.56. The van der Waals surface area contributed by atoms with Crippen LogP contribution in [0.15, 0.2) is 30.3 Å². The summed E-state index contributed by atoms with van der Waals surface area (Å²) in [6, 6.07) is 10.0. The van der Waals surface area contributed by atoms with Crippen LogP contribution in [0.2, 0.25) is 0 Å². The Hall–Kier alpha value is -1.55. The van der Waals surface area contributed by atoms with Crippen molar-refractivity contribution < 1.29 is 14.3 Å². The second-order valence-corrected chi connectivity index (χ2v) is 5.05. The summed E-state index contributed by atoms with van der Waals surface area (Å²) in [5.41, 5.74) is 1.12. The molecule has 1 aromatic rings. The van der Waals surface area contributed by atoms with Crippen LogP contribution in [0.4, 0.5) is 4.79 Å². The minimum absolute atomic E-state index is 0.149. The van der Waals surface area contributed by atoms with Gasteiger partial charge in [-0.1, -0.05) is 43.7 Å². The molecule has 1 aliphatic heterocycles. The molecule has 110 valence electrons. The summed E-state index contributed by atoms with van der Waals surface area (Å²) in [6.45, 7) is 3.83. The molecule has 0 radical (unpaired) electrons. The van der Waals surface area contributed by atoms with Gasteiger partial charge in [0.1, 0.15) is 6.23 Å². The van der Waals surface area contributed by atoms with Gasteiger partial charge in [-0.15, -0.1) is 0 Å². The number of unbranched alkanes of at least 4 members (excludes halogenated alkanes) is 1. The Morgan fingerprint density at radius 2 is 2.15 bits per heavy atom. The van der Waals surface area contributed by atoms with E-state index in [4.69, 9.17) is 9.47 Å². The van der Waals surface area contributed by atoms with Gasteiger partial charge in [0.15, 0.2) is 0 Å². The molecule has 1 amide bonds. The summed E-state index contributed by atoms with van der Waals surface area (Å²) in [5.74, 6) is 0. The smallest absolute Gasteiger partial charge is 0.411 e. The Bertz CT molecular complexity index is 407. The molecular weight excluding hydrogens is 254 g/mol. The van der Waals surface area contributed by atoms with Crippen molar-refractivity contribution in [1.82, 2.24) is 4.90 Å². The molecule has 1 heterocycles. The highest BCUT2D eigenvalue weighted by Gasteiger charge is 2.30. The molecular formula is C16H23NO3. The Morgan fingerprint density at radius 3 is 2.90 bits per heavy atom. The number of benzene rings is 1. The minimum atomic E-state index is -0.242. The number of ether oxygens (including phenoxy) is 2. The molecule has 0 aromatic heterocycles. The third kappa shape index (κ3) is 4.23. The van der Waals surface area contributed by atoms with Crippen molar-refractivity contribution in [2.24, 2.45) is 0 Å². The quantitative estimate of drug-likeness (QED) is 0.746. The van der Waals surface area contributed by atoms with Crippen LogP contribution in [0.25, 0.3) is 0 Å². The van der Waals surface area contributed by atoms with Gasteiger partial charge >= 0.3 is 6.09 Å². The normalized spacial score (nSPS) is 18.2. The van der Waals surface area contributed by atoms with Gasteiger partial charge in [-0.2, -0.15) is 0 Å². The van der Waals surface area contributed by atoms with Gasteiger partial charge < -0.3 is 9.47 Å². The van der Waals surface area contributed by atoms with Crippen molar-refractivity contribution in [3.05, 3.63) is 35.9 Å². The molecule has 20 heavy (non-hydrogen) atoms. The standard InChI is InChI=1S/C16H23NO3/c1-2-3-12-19-16(18)17-11-7-10-15(17)20-13-14-8-5-4-6-9-14/h4-6,8-9,15H,2-3,7,10-13H2,1H3/t15-/m1/s1. The number of carbonyl (C=O) groups is 1. The number of likely N-dealkylation sites (tertiary alicyclic amines) is 1. The first-order valence-corrected chi connectivity index (χ1v) is 7.40. The van der Waals surface area contributed by atoms with Gasteiger partial charge in [-0.3, -0.25) is 4.90 Å². The Balaban J connectivity index is 1.79. The molecule has 0 aliphatic carbocycles. The first-order chi connectivity index (χ1) is 9.81. The largest absolute Gasteiger partial charge is 0.449 e. The van der Waals surface area contributed by atoms with E-state index < -0.39 is 0 Å². The van der Waals surface area contributed by atoms with Crippen molar-refractivity contribution in [2.45, 2.75) is 45.4 Å². The van der Waals surface area contributed by atoms with Crippen LogP contribution < -0.4 is 0 Å². The average Bonchev–Trinajstić information content (AvgIpc) is 2.95. The molecule has 0 spiro atoms. The molecule has 4 nitrogen and oxygen atoms in total. The monoisotopic (exact) mass is 277 g/mol. The third-order valence-electron chi connectivity index (χ3n) is 3.44. The lowest BCUT2D eigenvalue weighted by Crippen LogP contribution is -2.37. The second kappa shape index (κ2) is 7.90. The Morgan fingerprint density at radius 1 is 1.35 bits per heavy atom. The number of rotatable bonds is 6. The van der Waals surface area contributed by atoms with Gasteiger partial charge in [0.25, 0.3) is 0 Å². The zero-order valence-corrected chi connectivity index (χ0v) is 12.1. The van der Waals surface area contributed by atoms with E-state index in [-0.39, 0.29) is 12.3 Å². The van der Waals surface area contributed by atoms with E-state index in [9.17, 15) is 4.79 Å². The fourth-order valence-electron chi connectivity index (χ4n) is 2.27. The van der Waals surface area contributed by atoms with Crippen LogP contribution >= 0.6 is 0 Å². The van der Waals surface area contributed by atoms with Gasteiger partial charge in [-0.05, 0) is 24.8 Å². The predicted molar refractivity (Wildman–Crippen MR) is 77.2 cm³/mol. The molecule has 0 saturated carbocycles. The van der Waals surface area contributed by atoms with E-state index in [2.05, 4.69) is 6.92 Å². The lowest BCUT2D eigenvalue weighted by Gasteiger charge is -2.24. The van der Waals surface area contributed by atoms with E-state index in [0.717, 1.165) is 37.8 Å². The van der Waals surface area contributed by atoms with Crippen LogP contribution in [-0.4, -0.2) is 30.4 Å².